The molecule has 0 unspecified atom stereocenters. The Labute approximate surface area is 114 Å². The number of nitrogens with one attached hydrogen (secondary N) is 2. The molecule has 2 aromatic carbocycles. The fraction of sp³-hybridized carbons (Fsp3) is 0.0667. The van der Waals surface area contributed by atoms with Crippen LogP contribution in [0.1, 0.15) is 15.9 Å². The molecule has 0 aliphatic rings. The van der Waals surface area contributed by atoms with Gasteiger partial charge in [-0.2, -0.15) is 5.10 Å². The van der Waals surface area contributed by atoms with E-state index in [4.69, 9.17) is 0 Å². The van der Waals surface area contributed by atoms with Gasteiger partial charge in [0.2, 0.25) is 0 Å². The van der Waals surface area contributed by atoms with E-state index in [9.17, 15) is 9.18 Å². The average Bonchev–Trinajstić information content (AvgIpc) is 2.90. The Morgan fingerprint density at radius 1 is 1.30 bits per heavy atom. The zero-order valence-corrected chi connectivity index (χ0v) is 10.8. The third-order valence-corrected chi connectivity index (χ3v) is 3.16. The van der Waals surface area contributed by atoms with Crippen LogP contribution in [0.4, 0.5) is 10.1 Å². The Morgan fingerprint density at radius 3 is 2.95 bits per heavy atom. The minimum atomic E-state index is -0.323. The summed E-state index contributed by atoms with van der Waals surface area (Å²) in [5.74, 6) is -0.578. The van der Waals surface area contributed by atoms with Crippen LogP contribution in [0.5, 0.6) is 0 Å². The molecule has 0 saturated heterocycles. The van der Waals surface area contributed by atoms with E-state index >= 15 is 0 Å². The van der Waals surface area contributed by atoms with Gasteiger partial charge < -0.3 is 5.32 Å². The maximum atomic E-state index is 13.0. The molecule has 3 aromatic rings. The van der Waals surface area contributed by atoms with Crippen LogP contribution in [-0.2, 0) is 0 Å². The number of anilines is 1. The summed E-state index contributed by atoms with van der Waals surface area (Å²) in [5, 5.41) is 10.4. The molecule has 0 spiro atoms. The number of benzene rings is 2. The van der Waals surface area contributed by atoms with E-state index in [1.54, 1.807) is 31.3 Å². The molecule has 0 radical (unpaired) electrons. The lowest BCUT2D eigenvalue weighted by molar-refractivity contribution is 0.102. The summed E-state index contributed by atoms with van der Waals surface area (Å²) in [4.78, 5) is 12.3. The van der Waals surface area contributed by atoms with Gasteiger partial charge in [-0.15, -0.1) is 0 Å². The minimum Gasteiger partial charge on any atom is -0.322 e. The Hall–Kier alpha value is -2.69. The smallest absolute Gasteiger partial charge is 0.257 e. The van der Waals surface area contributed by atoms with Gasteiger partial charge in [0.15, 0.2) is 0 Å². The molecule has 1 heterocycles. The van der Waals surface area contributed by atoms with Gasteiger partial charge in [-0.25, -0.2) is 4.39 Å². The molecule has 0 bridgehead atoms. The lowest BCUT2D eigenvalue weighted by Crippen LogP contribution is -2.13. The number of amides is 1. The number of carbonyl (C=O) groups excluding carboxylic acids is 1. The number of aromatic amines is 1. The van der Waals surface area contributed by atoms with Crippen molar-refractivity contribution >= 4 is 22.5 Å². The van der Waals surface area contributed by atoms with E-state index < -0.39 is 0 Å². The lowest BCUT2D eigenvalue weighted by atomic mass is 10.1. The first-order valence-electron chi connectivity index (χ1n) is 6.15. The van der Waals surface area contributed by atoms with Crippen molar-refractivity contribution in [3.8, 4) is 0 Å². The van der Waals surface area contributed by atoms with Gasteiger partial charge in [0, 0.05) is 11.1 Å². The highest BCUT2D eigenvalue weighted by Gasteiger charge is 2.12. The number of hydrogen-bond donors (Lipinski definition) is 2. The molecule has 0 fully saturated rings. The van der Waals surface area contributed by atoms with Gasteiger partial charge in [0.05, 0.1) is 17.3 Å². The highest BCUT2D eigenvalue weighted by Crippen LogP contribution is 2.20. The second-order valence-electron chi connectivity index (χ2n) is 4.55. The van der Waals surface area contributed by atoms with Crippen molar-refractivity contribution in [2.45, 2.75) is 6.92 Å². The van der Waals surface area contributed by atoms with Crippen LogP contribution in [0.2, 0.25) is 0 Å². The van der Waals surface area contributed by atoms with Crippen molar-refractivity contribution in [3.63, 3.8) is 0 Å². The minimum absolute atomic E-state index is 0.255. The molecule has 2 N–H and O–H groups in total. The standard InChI is InChI=1S/C15H12FN3O/c1-9-7-11(16)5-6-13(9)18-15(20)12-4-2-3-10-8-17-19-14(10)12/h2-8H,1H3,(H,17,19)(H,18,20). The summed E-state index contributed by atoms with van der Waals surface area (Å²) in [6.07, 6.45) is 1.66. The Kier molecular flexibility index (Phi) is 2.95. The fourth-order valence-corrected chi connectivity index (χ4v) is 2.12. The average molecular weight is 269 g/mol. The highest BCUT2D eigenvalue weighted by molar-refractivity contribution is 6.12. The van der Waals surface area contributed by atoms with Crippen molar-refractivity contribution < 1.29 is 9.18 Å². The third kappa shape index (κ3) is 2.14. The molecule has 4 nitrogen and oxygen atoms in total. The molecular weight excluding hydrogens is 257 g/mol. The fourth-order valence-electron chi connectivity index (χ4n) is 2.12. The maximum absolute atomic E-state index is 13.0. The number of carbonyl (C=O) groups is 1. The lowest BCUT2D eigenvalue weighted by Gasteiger charge is -2.09. The molecule has 20 heavy (non-hydrogen) atoms. The van der Waals surface area contributed by atoms with Crippen LogP contribution in [-0.4, -0.2) is 16.1 Å². The topological polar surface area (TPSA) is 57.8 Å². The Balaban J connectivity index is 1.95. The first-order valence-corrected chi connectivity index (χ1v) is 6.15. The van der Waals surface area contributed by atoms with E-state index in [0.717, 1.165) is 5.39 Å². The van der Waals surface area contributed by atoms with Crippen molar-refractivity contribution in [3.05, 3.63) is 59.5 Å². The predicted octanol–water partition coefficient (Wildman–Crippen LogP) is 3.26. The number of aromatic nitrogens is 2. The summed E-state index contributed by atoms with van der Waals surface area (Å²) in [6, 6.07) is 9.64. The molecule has 1 aromatic heterocycles. The van der Waals surface area contributed by atoms with E-state index in [-0.39, 0.29) is 11.7 Å². The summed E-state index contributed by atoms with van der Waals surface area (Å²) in [6.45, 7) is 1.75. The van der Waals surface area contributed by atoms with Crippen molar-refractivity contribution in [1.29, 1.82) is 0 Å². The highest BCUT2D eigenvalue weighted by atomic mass is 19.1. The number of rotatable bonds is 2. The number of fused-ring (bicyclic) bond motifs is 1. The molecular formula is C15H12FN3O. The van der Waals surface area contributed by atoms with Crippen molar-refractivity contribution in [2.24, 2.45) is 0 Å². The number of aryl methyl sites for hydroxylation is 1. The quantitative estimate of drug-likeness (QED) is 0.750. The molecule has 0 aliphatic heterocycles. The first-order chi connectivity index (χ1) is 9.65. The number of halogens is 1. The molecule has 5 heteroatoms. The van der Waals surface area contributed by atoms with E-state index in [1.807, 2.05) is 6.07 Å². The molecule has 0 atom stereocenters. The SMILES string of the molecule is Cc1cc(F)ccc1NC(=O)c1cccc2cn[nH]c12. The summed E-state index contributed by atoms with van der Waals surface area (Å²) >= 11 is 0. The maximum Gasteiger partial charge on any atom is 0.257 e. The number of hydrogen-bond acceptors (Lipinski definition) is 2. The van der Waals surface area contributed by atoms with Gasteiger partial charge in [0.1, 0.15) is 5.82 Å². The molecule has 0 saturated carbocycles. The van der Waals surface area contributed by atoms with E-state index in [2.05, 4.69) is 15.5 Å². The second-order valence-corrected chi connectivity index (χ2v) is 4.55. The van der Waals surface area contributed by atoms with Gasteiger partial charge in [-0.05, 0) is 36.8 Å². The van der Waals surface area contributed by atoms with Crippen LogP contribution in [0.25, 0.3) is 10.9 Å². The monoisotopic (exact) mass is 269 g/mol. The first kappa shape index (κ1) is 12.3. The molecule has 0 aliphatic carbocycles. The van der Waals surface area contributed by atoms with E-state index in [1.165, 1.54) is 12.1 Å². The molecule has 1 amide bonds. The number of para-hydroxylation sites is 1. The van der Waals surface area contributed by atoms with Crippen LogP contribution in [0.3, 0.4) is 0 Å². The van der Waals surface area contributed by atoms with Crippen LogP contribution >= 0.6 is 0 Å². The van der Waals surface area contributed by atoms with Gasteiger partial charge in [-0.1, -0.05) is 12.1 Å². The Bertz CT molecular complexity index is 795. The third-order valence-electron chi connectivity index (χ3n) is 3.16. The van der Waals surface area contributed by atoms with Gasteiger partial charge in [0.25, 0.3) is 5.91 Å². The summed E-state index contributed by atoms with van der Waals surface area (Å²) < 4.78 is 13.0. The largest absolute Gasteiger partial charge is 0.322 e. The zero-order chi connectivity index (χ0) is 14.1. The van der Waals surface area contributed by atoms with Crippen LogP contribution < -0.4 is 5.32 Å². The van der Waals surface area contributed by atoms with Gasteiger partial charge in [-0.3, -0.25) is 9.89 Å². The normalized spacial score (nSPS) is 10.7. The summed E-state index contributed by atoms with van der Waals surface area (Å²) in [7, 11) is 0. The van der Waals surface area contributed by atoms with Crippen LogP contribution in [0, 0.1) is 12.7 Å². The zero-order valence-electron chi connectivity index (χ0n) is 10.8. The predicted molar refractivity (Wildman–Crippen MR) is 75.2 cm³/mol. The van der Waals surface area contributed by atoms with Gasteiger partial charge >= 0.3 is 0 Å². The van der Waals surface area contributed by atoms with E-state index in [0.29, 0.717) is 22.3 Å². The Morgan fingerprint density at radius 2 is 2.15 bits per heavy atom. The number of nitrogens with zero attached hydrogens (tertiary/aromatic N) is 1. The number of H-pyrrole nitrogens is 1. The molecule has 3 rings (SSSR count). The van der Waals surface area contributed by atoms with Crippen LogP contribution in [0.15, 0.2) is 42.6 Å². The van der Waals surface area contributed by atoms with Crippen molar-refractivity contribution in [1.82, 2.24) is 10.2 Å². The molecule has 100 valence electrons. The summed E-state index contributed by atoms with van der Waals surface area (Å²) in [5.41, 5.74) is 2.46. The second kappa shape index (κ2) is 4.77. The van der Waals surface area contributed by atoms with Crippen molar-refractivity contribution in [2.75, 3.05) is 5.32 Å².